The summed E-state index contributed by atoms with van der Waals surface area (Å²) in [5.41, 5.74) is 2.48. The standard InChI is InChI=1S/C17H24O4/c1-11(13(3)20)17(21)12(2)16-7-6-14(10-19)9-15(16)5-4-8-18/h4-7,9,11-12,17-19,21H,8,10H2,1-3H3/t11-,12+,17-/m1/s1. The molecule has 0 heterocycles. The van der Waals surface area contributed by atoms with Crippen molar-refractivity contribution < 1.29 is 20.1 Å². The summed E-state index contributed by atoms with van der Waals surface area (Å²) in [6.07, 6.45) is 2.59. The molecule has 1 rings (SSSR count). The average molecular weight is 292 g/mol. The molecule has 0 saturated heterocycles. The highest BCUT2D eigenvalue weighted by molar-refractivity contribution is 5.78. The van der Waals surface area contributed by atoms with E-state index in [9.17, 15) is 15.0 Å². The van der Waals surface area contributed by atoms with Gasteiger partial charge in [-0.05, 0) is 29.7 Å². The number of hydrogen-bond donors (Lipinski definition) is 3. The first-order chi connectivity index (χ1) is 9.92. The van der Waals surface area contributed by atoms with Crippen LogP contribution in [0.3, 0.4) is 0 Å². The fourth-order valence-corrected chi connectivity index (χ4v) is 2.32. The van der Waals surface area contributed by atoms with E-state index in [0.29, 0.717) is 0 Å². The van der Waals surface area contributed by atoms with E-state index in [-0.39, 0.29) is 24.9 Å². The van der Waals surface area contributed by atoms with E-state index in [2.05, 4.69) is 0 Å². The van der Waals surface area contributed by atoms with Gasteiger partial charge in [0.25, 0.3) is 0 Å². The van der Waals surface area contributed by atoms with Crippen molar-refractivity contribution in [2.24, 2.45) is 5.92 Å². The molecule has 0 aromatic heterocycles. The molecule has 0 radical (unpaired) electrons. The molecule has 0 bridgehead atoms. The summed E-state index contributed by atoms with van der Waals surface area (Å²) in [6, 6.07) is 5.47. The summed E-state index contributed by atoms with van der Waals surface area (Å²) < 4.78 is 0. The van der Waals surface area contributed by atoms with Crippen molar-refractivity contribution in [3.63, 3.8) is 0 Å². The Morgan fingerprint density at radius 2 is 1.95 bits per heavy atom. The van der Waals surface area contributed by atoms with Crippen molar-refractivity contribution in [1.82, 2.24) is 0 Å². The molecule has 0 spiro atoms. The second kappa shape index (κ2) is 8.08. The fraction of sp³-hybridized carbons (Fsp3) is 0.471. The highest BCUT2D eigenvalue weighted by Crippen LogP contribution is 2.29. The van der Waals surface area contributed by atoms with Crippen molar-refractivity contribution >= 4 is 11.9 Å². The van der Waals surface area contributed by atoms with Gasteiger partial charge in [-0.2, -0.15) is 0 Å². The van der Waals surface area contributed by atoms with Crippen LogP contribution in [0.25, 0.3) is 6.08 Å². The van der Waals surface area contributed by atoms with E-state index >= 15 is 0 Å². The van der Waals surface area contributed by atoms with E-state index in [1.807, 2.05) is 19.1 Å². The van der Waals surface area contributed by atoms with Crippen LogP contribution in [0.1, 0.15) is 43.4 Å². The summed E-state index contributed by atoms with van der Waals surface area (Å²) in [5, 5.41) is 28.5. The van der Waals surface area contributed by atoms with Crippen LogP contribution in [0.4, 0.5) is 0 Å². The maximum absolute atomic E-state index is 11.4. The SMILES string of the molecule is CC(=O)[C@@H](C)[C@@H](O)[C@@H](C)c1ccc(CO)cc1C=CCO. The fourth-order valence-electron chi connectivity index (χ4n) is 2.32. The van der Waals surface area contributed by atoms with Gasteiger partial charge in [-0.25, -0.2) is 0 Å². The number of ketones is 1. The minimum atomic E-state index is -0.774. The molecule has 4 heteroatoms. The topological polar surface area (TPSA) is 77.8 Å². The first-order valence-electron chi connectivity index (χ1n) is 7.12. The lowest BCUT2D eigenvalue weighted by atomic mass is 9.83. The number of hydrogen-bond acceptors (Lipinski definition) is 4. The zero-order valence-corrected chi connectivity index (χ0v) is 12.8. The normalized spacial score (nSPS) is 15.9. The summed E-state index contributed by atoms with van der Waals surface area (Å²) >= 11 is 0. The summed E-state index contributed by atoms with van der Waals surface area (Å²) in [5.74, 6) is -0.712. The Labute approximate surface area is 125 Å². The van der Waals surface area contributed by atoms with Crippen LogP contribution in [0.5, 0.6) is 0 Å². The van der Waals surface area contributed by atoms with E-state index in [1.165, 1.54) is 6.92 Å². The van der Waals surface area contributed by atoms with Crippen LogP contribution >= 0.6 is 0 Å². The third-order valence-electron chi connectivity index (χ3n) is 3.89. The first-order valence-corrected chi connectivity index (χ1v) is 7.12. The first kappa shape index (κ1) is 17.6. The van der Waals surface area contributed by atoms with Gasteiger partial charge in [0.15, 0.2) is 0 Å². The largest absolute Gasteiger partial charge is 0.392 e. The molecule has 4 nitrogen and oxygen atoms in total. The second-order valence-electron chi connectivity index (χ2n) is 5.38. The Hall–Kier alpha value is -1.49. The molecule has 0 unspecified atom stereocenters. The molecule has 1 aromatic rings. The van der Waals surface area contributed by atoms with Crippen molar-refractivity contribution in [2.75, 3.05) is 6.61 Å². The van der Waals surface area contributed by atoms with Gasteiger partial charge in [-0.3, -0.25) is 4.79 Å². The maximum Gasteiger partial charge on any atom is 0.135 e. The van der Waals surface area contributed by atoms with Gasteiger partial charge in [0.1, 0.15) is 5.78 Å². The lowest BCUT2D eigenvalue weighted by molar-refractivity contribution is -0.123. The second-order valence-corrected chi connectivity index (χ2v) is 5.38. The number of aliphatic hydroxyl groups excluding tert-OH is 3. The zero-order chi connectivity index (χ0) is 16.0. The Bertz CT molecular complexity index is 508. The number of aliphatic hydroxyl groups is 3. The predicted octanol–water partition coefficient (Wildman–Crippen LogP) is 1.87. The minimum absolute atomic E-state index is 0.0474. The summed E-state index contributed by atoms with van der Waals surface area (Å²) in [4.78, 5) is 11.4. The van der Waals surface area contributed by atoms with Gasteiger partial charge in [-0.15, -0.1) is 0 Å². The van der Waals surface area contributed by atoms with Crippen LogP contribution in [-0.2, 0) is 11.4 Å². The Balaban J connectivity index is 3.15. The van der Waals surface area contributed by atoms with Crippen LogP contribution < -0.4 is 0 Å². The van der Waals surface area contributed by atoms with Crippen molar-refractivity contribution in [3.8, 4) is 0 Å². The maximum atomic E-state index is 11.4. The van der Waals surface area contributed by atoms with Crippen molar-refractivity contribution in [2.45, 2.75) is 39.4 Å². The van der Waals surface area contributed by atoms with Crippen LogP contribution in [0.15, 0.2) is 24.3 Å². The van der Waals surface area contributed by atoms with Gasteiger partial charge in [0.2, 0.25) is 0 Å². The zero-order valence-electron chi connectivity index (χ0n) is 12.8. The molecule has 3 atom stereocenters. The number of Topliss-reactive ketones (excluding diaryl/α,β-unsaturated/α-hetero) is 1. The quantitative estimate of drug-likeness (QED) is 0.717. The van der Waals surface area contributed by atoms with Gasteiger partial charge >= 0.3 is 0 Å². The van der Waals surface area contributed by atoms with Crippen LogP contribution in [0.2, 0.25) is 0 Å². The van der Waals surface area contributed by atoms with Gasteiger partial charge in [-0.1, -0.05) is 38.1 Å². The molecule has 116 valence electrons. The van der Waals surface area contributed by atoms with E-state index in [0.717, 1.165) is 16.7 Å². The Kier molecular flexibility index (Phi) is 6.75. The van der Waals surface area contributed by atoms with Gasteiger partial charge in [0.05, 0.1) is 19.3 Å². The van der Waals surface area contributed by atoms with Crippen molar-refractivity contribution in [3.05, 3.63) is 41.0 Å². The highest BCUT2D eigenvalue weighted by Gasteiger charge is 2.26. The van der Waals surface area contributed by atoms with Crippen LogP contribution in [0, 0.1) is 5.92 Å². The highest BCUT2D eigenvalue weighted by atomic mass is 16.3. The molecule has 0 aliphatic rings. The molecular weight excluding hydrogens is 268 g/mol. The smallest absolute Gasteiger partial charge is 0.135 e. The Morgan fingerprint density at radius 1 is 1.29 bits per heavy atom. The molecule has 0 aliphatic carbocycles. The third kappa shape index (κ3) is 4.49. The number of rotatable bonds is 7. The molecule has 0 amide bonds. The van der Waals surface area contributed by atoms with Gasteiger partial charge in [0, 0.05) is 11.8 Å². The predicted molar refractivity (Wildman–Crippen MR) is 82.8 cm³/mol. The Morgan fingerprint density at radius 3 is 2.48 bits per heavy atom. The van der Waals surface area contributed by atoms with Crippen molar-refractivity contribution in [1.29, 1.82) is 0 Å². The number of benzene rings is 1. The molecule has 21 heavy (non-hydrogen) atoms. The summed E-state index contributed by atoms with van der Waals surface area (Å²) in [7, 11) is 0. The average Bonchev–Trinajstić information content (AvgIpc) is 2.50. The lowest BCUT2D eigenvalue weighted by Gasteiger charge is -2.25. The summed E-state index contributed by atoms with van der Waals surface area (Å²) in [6.45, 7) is 4.91. The molecule has 0 fully saturated rings. The number of carbonyl (C=O) groups is 1. The van der Waals surface area contributed by atoms with Crippen LogP contribution in [-0.4, -0.2) is 33.8 Å². The number of carbonyl (C=O) groups excluding carboxylic acids is 1. The van der Waals surface area contributed by atoms with E-state index in [1.54, 1.807) is 25.1 Å². The van der Waals surface area contributed by atoms with E-state index < -0.39 is 12.0 Å². The van der Waals surface area contributed by atoms with Gasteiger partial charge < -0.3 is 15.3 Å². The molecule has 0 saturated carbocycles. The molecule has 0 aliphatic heterocycles. The monoisotopic (exact) mass is 292 g/mol. The minimum Gasteiger partial charge on any atom is -0.392 e. The molecule has 3 N–H and O–H groups in total. The van der Waals surface area contributed by atoms with E-state index in [4.69, 9.17) is 5.11 Å². The lowest BCUT2D eigenvalue weighted by Crippen LogP contribution is -2.29. The third-order valence-corrected chi connectivity index (χ3v) is 3.89. The molecular formula is C17H24O4. The molecule has 1 aromatic carbocycles.